The number of carbonyl (C=O) groups excluding carboxylic acids is 1. The lowest BCUT2D eigenvalue weighted by molar-refractivity contribution is 0.0926. The van der Waals surface area contributed by atoms with E-state index < -0.39 is 0 Å². The number of nitrogens with one attached hydrogen (secondary N) is 1. The first kappa shape index (κ1) is 15.9. The van der Waals surface area contributed by atoms with Crippen LogP contribution in [0.1, 0.15) is 59.1 Å². The molecule has 5 heteroatoms. The lowest BCUT2D eigenvalue weighted by Gasteiger charge is -2.28. The molecule has 0 unspecified atom stereocenters. The van der Waals surface area contributed by atoms with Crippen molar-refractivity contribution >= 4 is 11.6 Å². The molecule has 3 aromatic rings. The number of rotatable bonds is 3. The number of hydrogen-bond acceptors (Lipinski definition) is 3. The zero-order valence-electron chi connectivity index (χ0n) is 14.7. The van der Waals surface area contributed by atoms with E-state index in [1.807, 2.05) is 48.7 Å². The molecule has 3 heterocycles. The molecular formula is C20H23N3O2. The predicted octanol–water partition coefficient (Wildman–Crippen LogP) is 4.00. The zero-order valence-corrected chi connectivity index (χ0v) is 14.7. The third kappa shape index (κ3) is 3.06. The van der Waals surface area contributed by atoms with Crippen LogP contribution in [0.3, 0.4) is 0 Å². The molecule has 4 rings (SSSR count). The van der Waals surface area contributed by atoms with Crippen molar-refractivity contribution < 1.29 is 9.21 Å². The van der Waals surface area contributed by atoms with Crippen LogP contribution in [0.5, 0.6) is 0 Å². The van der Waals surface area contributed by atoms with Crippen LogP contribution in [0, 0.1) is 13.8 Å². The van der Waals surface area contributed by atoms with Gasteiger partial charge in [-0.1, -0.05) is 0 Å². The molecule has 0 aromatic carbocycles. The van der Waals surface area contributed by atoms with Crippen molar-refractivity contribution in [3.8, 4) is 0 Å². The molecular weight excluding hydrogens is 314 g/mol. The van der Waals surface area contributed by atoms with E-state index in [0.717, 1.165) is 48.5 Å². The van der Waals surface area contributed by atoms with E-state index in [2.05, 4.69) is 10.3 Å². The van der Waals surface area contributed by atoms with Crippen LogP contribution in [-0.2, 0) is 0 Å². The Kier molecular flexibility index (Phi) is 4.07. The number of fused-ring (bicyclic) bond motifs is 1. The molecule has 1 aliphatic rings. The number of aryl methyl sites for hydroxylation is 2. The minimum atomic E-state index is -0.0264. The number of hydrogen-bond donors (Lipinski definition) is 1. The highest BCUT2D eigenvalue weighted by Crippen LogP contribution is 2.33. The summed E-state index contributed by atoms with van der Waals surface area (Å²) >= 11 is 0. The summed E-state index contributed by atoms with van der Waals surface area (Å²) in [6.45, 7) is 3.98. The molecule has 3 aromatic heterocycles. The maximum absolute atomic E-state index is 12.7. The summed E-state index contributed by atoms with van der Waals surface area (Å²) in [5, 5.41) is 3.20. The van der Waals surface area contributed by atoms with E-state index >= 15 is 0 Å². The zero-order chi connectivity index (χ0) is 17.4. The first-order valence-corrected chi connectivity index (χ1v) is 8.91. The van der Waals surface area contributed by atoms with Crippen LogP contribution in [0.15, 0.2) is 41.1 Å². The van der Waals surface area contributed by atoms with Gasteiger partial charge in [0.2, 0.25) is 0 Å². The Labute approximate surface area is 147 Å². The summed E-state index contributed by atoms with van der Waals surface area (Å²) in [5.74, 6) is 1.52. The second kappa shape index (κ2) is 6.39. The van der Waals surface area contributed by atoms with Crippen molar-refractivity contribution in [2.24, 2.45) is 0 Å². The molecule has 0 aliphatic heterocycles. The topological polar surface area (TPSA) is 59.5 Å². The standard InChI is InChI=1S/C20H23N3O2/c1-13-12-14(2)23-10-9-17(19(23)21-13)20(24)22-16-7-5-15(6-8-16)18-4-3-11-25-18/h3-4,9-12,15-16H,5-8H2,1-2H3,(H,22,24). The smallest absolute Gasteiger partial charge is 0.255 e. The molecule has 0 saturated heterocycles. The monoisotopic (exact) mass is 337 g/mol. The number of amides is 1. The van der Waals surface area contributed by atoms with Gasteiger partial charge in [0, 0.05) is 29.5 Å². The molecule has 1 fully saturated rings. The van der Waals surface area contributed by atoms with Crippen LogP contribution in [0.4, 0.5) is 0 Å². The van der Waals surface area contributed by atoms with Gasteiger partial charge in [-0.15, -0.1) is 0 Å². The molecule has 1 N–H and O–H groups in total. The molecule has 1 amide bonds. The summed E-state index contributed by atoms with van der Waals surface area (Å²) < 4.78 is 7.49. The van der Waals surface area contributed by atoms with Crippen molar-refractivity contribution in [3.05, 3.63) is 59.4 Å². The summed E-state index contributed by atoms with van der Waals surface area (Å²) in [4.78, 5) is 17.3. The normalized spacial score (nSPS) is 20.7. The Morgan fingerprint density at radius 1 is 1.24 bits per heavy atom. The Hall–Kier alpha value is -2.56. The van der Waals surface area contributed by atoms with Crippen LogP contribution >= 0.6 is 0 Å². The average molecular weight is 337 g/mol. The summed E-state index contributed by atoms with van der Waals surface area (Å²) in [5.41, 5.74) is 3.40. The van der Waals surface area contributed by atoms with E-state index in [1.54, 1.807) is 6.26 Å². The fourth-order valence-corrected chi connectivity index (χ4v) is 3.88. The van der Waals surface area contributed by atoms with Gasteiger partial charge >= 0.3 is 0 Å². The Bertz CT molecular complexity index is 887. The first-order chi connectivity index (χ1) is 12.1. The van der Waals surface area contributed by atoms with Crippen molar-refractivity contribution in [1.29, 1.82) is 0 Å². The molecule has 1 aliphatic carbocycles. The van der Waals surface area contributed by atoms with Gasteiger partial charge in [-0.25, -0.2) is 4.98 Å². The van der Waals surface area contributed by atoms with Crippen molar-refractivity contribution in [3.63, 3.8) is 0 Å². The SMILES string of the molecule is Cc1cc(C)n2ccc(C(=O)NC3CCC(c4ccco4)CC3)c2n1. The van der Waals surface area contributed by atoms with E-state index in [1.165, 1.54) is 0 Å². The van der Waals surface area contributed by atoms with Crippen molar-refractivity contribution in [1.82, 2.24) is 14.7 Å². The third-order valence-electron chi connectivity index (χ3n) is 5.19. The molecule has 5 nitrogen and oxygen atoms in total. The number of aromatic nitrogens is 2. The highest BCUT2D eigenvalue weighted by Gasteiger charge is 2.26. The lowest BCUT2D eigenvalue weighted by atomic mass is 9.84. The number of carbonyl (C=O) groups is 1. The molecule has 0 spiro atoms. The molecule has 0 radical (unpaired) electrons. The van der Waals surface area contributed by atoms with Gasteiger partial charge in [-0.2, -0.15) is 0 Å². The molecule has 1 saturated carbocycles. The molecule has 0 bridgehead atoms. The first-order valence-electron chi connectivity index (χ1n) is 8.91. The lowest BCUT2D eigenvalue weighted by Crippen LogP contribution is -2.37. The largest absolute Gasteiger partial charge is 0.469 e. The van der Waals surface area contributed by atoms with Gasteiger partial charge in [0.25, 0.3) is 5.91 Å². The van der Waals surface area contributed by atoms with Gasteiger partial charge in [-0.3, -0.25) is 4.79 Å². The highest BCUT2D eigenvalue weighted by atomic mass is 16.3. The summed E-state index contributed by atoms with van der Waals surface area (Å²) in [7, 11) is 0. The minimum Gasteiger partial charge on any atom is -0.469 e. The van der Waals surface area contributed by atoms with Gasteiger partial charge in [-0.05, 0) is 63.8 Å². The molecule has 0 atom stereocenters. The van der Waals surface area contributed by atoms with Crippen LogP contribution in [0.25, 0.3) is 5.65 Å². The van der Waals surface area contributed by atoms with Gasteiger partial charge in [0.15, 0.2) is 0 Å². The minimum absolute atomic E-state index is 0.0264. The van der Waals surface area contributed by atoms with E-state index in [4.69, 9.17) is 4.42 Å². The maximum Gasteiger partial charge on any atom is 0.255 e. The fourth-order valence-electron chi connectivity index (χ4n) is 3.88. The highest BCUT2D eigenvalue weighted by molar-refractivity contribution is 6.00. The third-order valence-corrected chi connectivity index (χ3v) is 5.19. The van der Waals surface area contributed by atoms with Crippen molar-refractivity contribution in [2.45, 2.75) is 51.5 Å². The Balaban J connectivity index is 1.45. The van der Waals surface area contributed by atoms with E-state index in [9.17, 15) is 4.79 Å². The summed E-state index contributed by atoms with van der Waals surface area (Å²) in [6, 6.07) is 8.09. The Morgan fingerprint density at radius 2 is 2.04 bits per heavy atom. The van der Waals surface area contributed by atoms with E-state index in [-0.39, 0.29) is 11.9 Å². The predicted molar refractivity (Wildman–Crippen MR) is 95.8 cm³/mol. The maximum atomic E-state index is 12.7. The molecule has 25 heavy (non-hydrogen) atoms. The van der Waals surface area contributed by atoms with Gasteiger partial charge in [0.05, 0.1) is 11.8 Å². The number of nitrogens with zero attached hydrogens (tertiary/aromatic N) is 2. The van der Waals surface area contributed by atoms with Crippen LogP contribution in [-0.4, -0.2) is 21.3 Å². The van der Waals surface area contributed by atoms with Crippen LogP contribution in [0.2, 0.25) is 0 Å². The quantitative estimate of drug-likeness (QED) is 0.786. The Morgan fingerprint density at radius 3 is 2.76 bits per heavy atom. The van der Waals surface area contributed by atoms with Crippen LogP contribution < -0.4 is 5.32 Å². The molecule has 130 valence electrons. The van der Waals surface area contributed by atoms with Gasteiger partial charge in [0.1, 0.15) is 11.4 Å². The summed E-state index contributed by atoms with van der Waals surface area (Å²) in [6.07, 6.45) is 7.71. The van der Waals surface area contributed by atoms with Gasteiger partial charge < -0.3 is 14.1 Å². The second-order valence-electron chi connectivity index (χ2n) is 7.00. The average Bonchev–Trinajstić information content (AvgIpc) is 3.25. The van der Waals surface area contributed by atoms with E-state index in [0.29, 0.717) is 11.5 Å². The second-order valence-corrected chi connectivity index (χ2v) is 7.00. The number of furan rings is 1. The van der Waals surface area contributed by atoms with Crippen molar-refractivity contribution in [2.75, 3.05) is 0 Å². The fraction of sp³-hybridized carbons (Fsp3) is 0.400.